The van der Waals surface area contributed by atoms with Crippen LogP contribution in [0.15, 0.2) is 36.4 Å². The molecule has 6 nitrogen and oxygen atoms in total. The highest BCUT2D eigenvalue weighted by molar-refractivity contribution is 5.87. The maximum absolute atomic E-state index is 13.2. The second-order valence-electron chi connectivity index (χ2n) is 9.20. The van der Waals surface area contributed by atoms with Crippen LogP contribution in [0.4, 0.5) is 0 Å². The smallest absolute Gasteiger partial charge is 0.307 e. The van der Waals surface area contributed by atoms with Gasteiger partial charge in [-0.15, -0.1) is 0 Å². The number of nitrogens with zero attached hydrogens (tertiary/aromatic N) is 1. The number of hydrazine groups is 1. The number of carboxylic acid groups (broad SMARTS) is 1. The Morgan fingerprint density at radius 3 is 2.06 bits per heavy atom. The Labute approximate surface area is 186 Å². The van der Waals surface area contributed by atoms with Gasteiger partial charge in [-0.25, -0.2) is 0 Å². The summed E-state index contributed by atoms with van der Waals surface area (Å²) in [4.78, 5) is 37.8. The van der Waals surface area contributed by atoms with E-state index in [-0.39, 0.29) is 30.1 Å². The van der Waals surface area contributed by atoms with Gasteiger partial charge in [0.25, 0.3) is 0 Å². The number of carboxylic acids is 1. The summed E-state index contributed by atoms with van der Waals surface area (Å²) >= 11 is 0. The topological polar surface area (TPSA) is 86.7 Å². The molecule has 0 aliphatic heterocycles. The van der Waals surface area contributed by atoms with E-state index in [1.165, 1.54) is 5.01 Å². The summed E-state index contributed by atoms with van der Waals surface area (Å²) in [6, 6.07) is 9.62. The zero-order valence-electron chi connectivity index (χ0n) is 19.7. The third kappa shape index (κ3) is 9.37. The number of carbonyl (C=O) groups excluding carboxylic acids is 2. The quantitative estimate of drug-likeness (QED) is 0.501. The van der Waals surface area contributed by atoms with E-state index in [2.05, 4.69) is 5.43 Å². The summed E-state index contributed by atoms with van der Waals surface area (Å²) in [6.45, 7) is 11.8. The van der Waals surface area contributed by atoms with Crippen molar-refractivity contribution in [2.75, 3.05) is 6.54 Å². The molecule has 0 unspecified atom stereocenters. The van der Waals surface area contributed by atoms with Crippen molar-refractivity contribution in [1.82, 2.24) is 10.4 Å². The Hall–Kier alpha value is -2.63. The van der Waals surface area contributed by atoms with Crippen molar-refractivity contribution in [1.29, 1.82) is 0 Å². The van der Waals surface area contributed by atoms with Crippen LogP contribution in [0.1, 0.15) is 59.9 Å². The molecule has 2 atom stereocenters. The lowest BCUT2D eigenvalue weighted by atomic mass is 9.82. The maximum atomic E-state index is 13.2. The number of allylic oxidation sites excluding steroid dienone is 1. The summed E-state index contributed by atoms with van der Waals surface area (Å²) in [6.07, 6.45) is 4.33. The van der Waals surface area contributed by atoms with Gasteiger partial charge in [0.1, 0.15) is 0 Å². The molecule has 0 heterocycles. The lowest BCUT2D eigenvalue weighted by molar-refractivity contribution is -0.152. The van der Waals surface area contributed by atoms with Crippen LogP contribution in [0.25, 0.3) is 6.08 Å². The number of hydrogen-bond acceptors (Lipinski definition) is 3. The first kappa shape index (κ1) is 26.4. The van der Waals surface area contributed by atoms with Gasteiger partial charge < -0.3 is 5.11 Å². The van der Waals surface area contributed by atoms with E-state index >= 15 is 0 Å². The minimum Gasteiger partial charge on any atom is -0.481 e. The predicted molar refractivity (Wildman–Crippen MR) is 124 cm³/mol. The van der Waals surface area contributed by atoms with Gasteiger partial charge in [-0.3, -0.25) is 24.8 Å². The highest BCUT2D eigenvalue weighted by Gasteiger charge is 2.35. The molecule has 0 aliphatic rings. The Morgan fingerprint density at radius 2 is 1.58 bits per heavy atom. The Balaban J connectivity index is 3.06. The zero-order valence-corrected chi connectivity index (χ0v) is 19.7. The van der Waals surface area contributed by atoms with Crippen LogP contribution in [-0.4, -0.2) is 34.4 Å². The molecule has 1 aromatic carbocycles. The van der Waals surface area contributed by atoms with Crippen molar-refractivity contribution < 1.29 is 19.5 Å². The molecule has 1 rings (SSSR count). The lowest BCUT2D eigenvalue weighted by Gasteiger charge is -2.31. The Morgan fingerprint density at radius 1 is 0.968 bits per heavy atom. The number of amides is 2. The molecule has 1 aromatic rings. The minimum atomic E-state index is -1.01. The second-order valence-corrected chi connectivity index (χ2v) is 9.20. The monoisotopic (exact) mass is 430 g/mol. The van der Waals surface area contributed by atoms with Crippen molar-refractivity contribution in [3.05, 3.63) is 42.0 Å². The van der Waals surface area contributed by atoms with E-state index in [0.29, 0.717) is 13.0 Å². The first-order valence-electron chi connectivity index (χ1n) is 11.1. The van der Waals surface area contributed by atoms with Gasteiger partial charge in [-0.2, -0.15) is 0 Å². The van der Waals surface area contributed by atoms with Crippen molar-refractivity contribution in [2.24, 2.45) is 29.6 Å². The highest BCUT2D eigenvalue weighted by Crippen LogP contribution is 2.26. The average molecular weight is 431 g/mol. The van der Waals surface area contributed by atoms with Gasteiger partial charge in [-0.1, -0.05) is 84.0 Å². The molecule has 6 heteroatoms. The first-order valence-corrected chi connectivity index (χ1v) is 11.1. The molecule has 0 saturated heterocycles. The largest absolute Gasteiger partial charge is 0.481 e. The fourth-order valence-corrected chi connectivity index (χ4v) is 3.40. The van der Waals surface area contributed by atoms with Crippen LogP contribution in [0, 0.1) is 29.6 Å². The van der Waals surface area contributed by atoms with E-state index in [0.717, 1.165) is 5.56 Å². The number of hydrogen-bond donors (Lipinski definition) is 2. The van der Waals surface area contributed by atoms with E-state index < -0.39 is 23.7 Å². The van der Waals surface area contributed by atoms with Gasteiger partial charge in [-0.05, 0) is 30.2 Å². The number of rotatable bonds is 11. The lowest BCUT2D eigenvalue weighted by Crippen LogP contribution is -2.52. The summed E-state index contributed by atoms with van der Waals surface area (Å²) in [5.41, 5.74) is 3.71. The summed E-state index contributed by atoms with van der Waals surface area (Å²) in [7, 11) is 0. The first-order chi connectivity index (χ1) is 14.5. The molecule has 0 saturated carbocycles. The van der Waals surface area contributed by atoms with Gasteiger partial charge >= 0.3 is 5.97 Å². The summed E-state index contributed by atoms with van der Waals surface area (Å²) in [5.74, 6) is -3.20. The molecule has 31 heavy (non-hydrogen) atoms. The summed E-state index contributed by atoms with van der Waals surface area (Å²) < 4.78 is 0. The number of benzene rings is 1. The minimum absolute atomic E-state index is 0.134. The van der Waals surface area contributed by atoms with Gasteiger partial charge in [0.15, 0.2) is 0 Å². The van der Waals surface area contributed by atoms with E-state index in [9.17, 15) is 19.5 Å². The molecule has 2 N–H and O–H groups in total. The average Bonchev–Trinajstić information content (AvgIpc) is 2.68. The van der Waals surface area contributed by atoms with E-state index in [4.69, 9.17) is 0 Å². The maximum Gasteiger partial charge on any atom is 0.307 e. The van der Waals surface area contributed by atoms with Crippen molar-refractivity contribution in [3.8, 4) is 0 Å². The normalized spacial score (nSPS) is 13.6. The third-order valence-corrected chi connectivity index (χ3v) is 4.92. The SMILES string of the molecule is CC(C)C[C@@H](C(=O)NN(CC(C)C)C(=O)C(C)C)[C@H](C/C=C/c1ccccc1)C(=O)O. The molecule has 172 valence electrons. The van der Waals surface area contributed by atoms with Gasteiger partial charge in [0.05, 0.1) is 11.8 Å². The van der Waals surface area contributed by atoms with Crippen molar-refractivity contribution in [2.45, 2.75) is 54.4 Å². The van der Waals surface area contributed by atoms with Gasteiger partial charge in [0, 0.05) is 12.5 Å². The summed E-state index contributed by atoms with van der Waals surface area (Å²) in [5, 5.41) is 11.2. The van der Waals surface area contributed by atoms with Crippen LogP contribution in [0.5, 0.6) is 0 Å². The molecular weight excluding hydrogens is 392 g/mol. The molecule has 0 aromatic heterocycles. The Bertz CT molecular complexity index is 741. The molecular formula is C25H38N2O4. The molecule has 0 aliphatic carbocycles. The zero-order chi connectivity index (χ0) is 23.6. The van der Waals surface area contributed by atoms with Crippen LogP contribution >= 0.6 is 0 Å². The second kappa shape index (κ2) is 12.9. The number of carbonyl (C=O) groups is 3. The van der Waals surface area contributed by atoms with E-state index in [1.807, 2.05) is 64.1 Å². The van der Waals surface area contributed by atoms with Crippen LogP contribution in [0.3, 0.4) is 0 Å². The fourth-order valence-electron chi connectivity index (χ4n) is 3.40. The van der Waals surface area contributed by atoms with Crippen LogP contribution in [0.2, 0.25) is 0 Å². The molecule has 2 amide bonds. The van der Waals surface area contributed by atoms with E-state index in [1.54, 1.807) is 19.9 Å². The number of aliphatic carboxylic acids is 1. The fraction of sp³-hybridized carbons (Fsp3) is 0.560. The molecule has 0 fully saturated rings. The molecule has 0 spiro atoms. The van der Waals surface area contributed by atoms with Gasteiger partial charge in [0.2, 0.25) is 11.8 Å². The molecule has 0 bridgehead atoms. The standard InChI is InChI=1S/C25H38N2O4/c1-17(2)15-22(23(28)26-27(16-18(3)4)24(29)19(5)6)21(25(30)31)14-10-13-20-11-8-7-9-12-20/h7-13,17-19,21-22H,14-16H2,1-6H3,(H,26,28)(H,30,31)/b13-10+/t21-,22+/m0/s1. The highest BCUT2D eigenvalue weighted by atomic mass is 16.4. The van der Waals surface area contributed by atoms with Crippen LogP contribution < -0.4 is 5.43 Å². The van der Waals surface area contributed by atoms with Crippen molar-refractivity contribution >= 4 is 23.9 Å². The number of nitrogens with one attached hydrogen (secondary N) is 1. The predicted octanol–water partition coefficient (Wildman–Crippen LogP) is 4.62. The third-order valence-electron chi connectivity index (χ3n) is 4.92. The van der Waals surface area contributed by atoms with Crippen molar-refractivity contribution in [3.63, 3.8) is 0 Å². The van der Waals surface area contributed by atoms with Crippen LogP contribution in [-0.2, 0) is 14.4 Å². The molecule has 0 radical (unpaired) electrons. The Kier molecular flexibility index (Phi) is 11.0.